The highest BCUT2D eigenvalue weighted by Gasteiger charge is 2.11. The zero-order valence-corrected chi connectivity index (χ0v) is 15.9. The van der Waals surface area contributed by atoms with Crippen molar-refractivity contribution in [3.05, 3.63) is 59.2 Å². The maximum absolute atomic E-state index is 12.2. The Morgan fingerprint density at radius 2 is 1.80 bits per heavy atom. The fraction of sp³-hybridized carbons (Fsp3) is 0.381. The first kappa shape index (κ1) is 18.0. The summed E-state index contributed by atoms with van der Waals surface area (Å²) in [4.78, 5) is 15.8. The van der Waals surface area contributed by atoms with Gasteiger partial charge in [-0.3, -0.25) is 9.69 Å². The van der Waals surface area contributed by atoms with Crippen LogP contribution in [-0.2, 0) is 11.3 Å². The molecule has 0 aliphatic carbocycles. The molecule has 0 radical (unpaired) electrons. The summed E-state index contributed by atoms with van der Waals surface area (Å²) in [6.07, 6.45) is 2.62. The molecule has 1 N–H and O–H groups in total. The molecule has 4 heteroatoms. The van der Waals surface area contributed by atoms with Gasteiger partial charge in [-0.2, -0.15) is 0 Å². The maximum atomic E-state index is 12.2. The Morgan fingerprint density at radius 3 is 2.48 bits per heavy atom. The van der Waals surface area contributed by atoms with Crippen molar-refractivity contribution < 1.29 is 4.79 Å². The Balaban J connectivity index is 1.48. The highest BCUT2D eigenvalue weighted by atomic mass is 32.2. The van der Waals surface area contributed by atoms with E-state index >= 15 is 0 Å². The van der Waals surface area contributed by atoms with Crippen molar-refractivity contribution in [3.63, 3.8) is 0 Å². The quantitative estimate of drug-likeness (QED) is 0.768. The van der Waals surface area contributed by atoms with Crippen molar-refractivity contribution in [1.29, 1.82) is 0 Å². The second-order valence-corrected chi connectivity index (χ2v) is 7.80. The number of benzene rings is 2. The number of hydrogen-bond donors (Lipinski definition) is 1. The molecule has 3 rings (SSSR count). The lowest BCUT2D eigenvalue weighted by molar-refractivity contribution is -0.113. The van der Waals surface area contributed by atoms with Crippen molar-refractivity contribution in [1.82, 2.24) is 4.90 Å². The van der Waals surface area contributed by atoms with E-state index < -0.39 is 0 Å². The van der Waals surface area contributed by atoms with Crippen LogP contribution in [0, 0.1) is 13.8 Å². The van der Waals surface area contributed by atoms with Gasteiger partial charge in [0.1, 0.15) is 0 Å². The van der Waals surface area contributed by atoms with Crippen molar-refractivity contribution in [2.75, 3.05) is 24.2 Å². The summed E-state index contributed by atoms with van der Waals surface area (Å²) in [5.74, 6) is 0.469. The van der Waals surface area contributed by atoms with E-state index in [4.69, 9.17) is 0 Å². The molecule has 3 nitrogen and oxygen atoms in total. The number of nitrogens with one attached hydrogen (secondary N) is 1. The predicted octanol–water partition coefficient (Wildman–Crippen LogP) is 4.63. The van der Waals surface area contributed by atoms with Crippen LogP contribution in [0.3, 0.4) is 0 Å². The van der Waals surface area contributed by atoms with E-state index in [1.54, 1.807) is 11.8 Å². The summed E-state index contributed by atoms with van der Waals surface area (Å²) in [6, 6.07) is 14.6. The topological polar surface area (TPSA) is 32.3 Å². The highest BCUT2D eigenvalue weighted by Crippen LogP contribution is 2.23. The summed E-state index contributed by atoms with van der Waals surface area (Å²) in [6.45, 7) is 7.59. The van der Waals surface area contributed by atoms with Gasteiger partial charge < -0.3 is 5.32 Å². The van der Waals surface area contributed by atoms with Gasteiger partial charge in [0.15, 0.2) is 0 Å². The number of rotatable bonds is 6. The summed E-state index contributed by atoms with van der Waals surface area (Å²) in [5.41, 5.74) is 4.66. The maximum Gasteiger partial charge on any atom is 0.234 e. The number of anilines is 1. The average molecular weight is 355 g/mol. The molecule has 1 saturated heterocycles. The molecule has 1 amide bonds. The van der Waals surface area contributed by atoms with Crippen molar-refractivity contribution in [2.45, 2.75) is 38.1 Å². The van der Waals surface area contributed by atoms with Crippen LogP contribution in [0.25, 0.3) is 0 Å². The molecule has 0 spiro atoms. The molecule has 1 heterocycles. The van der Waals surface area contributed by atoms with Gasteiger partial charge in [0.05, 0.1) is 5.75 Å². The number of aryl methyl sites for hydroxylation is 2. The van der Waals surface area contributed by atoms with Gasteiger partial charge in [0, 0.05) is 17.1 Å². The van der Waals surface area contributed by atoms with E-state index in [0.717, 1.165) is 12.2 Å². The van der Waals surface area contributed by atoms with Gasteiger partial charge >= 0.3 is 0 Å². The number of thioether (sulfide) groups is 1. The second kappa shape index (κ2) is 8.54. The molecule has 1 fully saturated rings. The van der Waals surface area contributed by atoms with Crippen LogP contribution >= 0.6 is 11.8 Å². The van der Waals surface area contributed by atoms with E-state index in [0.29, 0.717) is 5.75 Å². The number of nitrogens with zero attached hydrogens (tertiary/aromatic N) is 1. The van der Waals surface area contributed by atoms with Crippen molar-refractivity contribution in [3.8, 4) is 0 Å². The third-order valence-corrected chi connectivity index (χ3v) is 5.71. The summed E-state index contributed by atoms with van der Waals surface area (Å²) >= 11 is 1.59. The fourth-order valence-electron chi connectivity index (χ4n) is 3.19. The first-order valence-corrected chi connectivity index (χ1v) is 9.90. The van der Waals surface area contributed by atoms with Gasteiger partial charge in [0.25, 0.3) is 0 Å². The number of carbonyl (C=O) groups excluding carboxylic acids is 1. The Labute approximate surface area is 154 Å². The van der Waals surface area contributed by atoms with Gasteiger partial charge in [-0.25, -0.2) is 0 Å². The SMILES string of the molecule is Cc1ccc(SCC(=O)Nc2ccc(CN3CCCC3)cc2)c(C)c1. The van der Waals surface area contributed by atoms with E-state index in [1.165, 1.54) is 47.5 Å². The van der Waals surface area contributed by atoms with Gasteiger partial charge in [0.2, 0.25) is 5.91 Å². The number of hydrogen-bond acceptors (Lipinski definition) is 3. The molecule has 132 valence electrons. The minimum atomic E-state index is 0.0391. The van der Waals surface area contributed by atoms with Crippen LogP contribution < -0.4 is 5.32 Å². The van der Waals surface area contributed by atoms with Crippen LogP contribution in [-0.4, -0.2) is 29.6 Å². The van der Waals surface area contributed by atoms with Crippen LogP contribution in [0.1, 0.15) is 29.5 Å². The molecule has 1 aliphatic heterocycles. The Hall–Kier alpha value is -1.78. The predicted molar refractivity (Wildman–Crippen MR) is 106 cm³/mol. The van der Waals surface area contributed by atoms with Crippen LogP contribution in [0.2, 0.25) is 0 Å². The standard InChI is InChI=1S/C21H26N2OS/c1-16-5-10-20(17(2)13-16)25-15-21(24)22-19-8-6-18(7-9-19)14-23-11-3-4-12-23/h5-10,13H,3-4,11-12,14-15H2,1-2H3,(H,22,24). The van der Waals surface area contributed by atoms with Crippen LogP contribution in [0.4, 0.5) is 5.69 Å². The zero-order valence-electron chi connectivity index (χ0n) is 15.0. The normalized spacial score (nSPS) is 14.6. The van der Waals surface area contributed by atoms with Gasteiger partial charge in [-0.1, -0.05) is 29.8 Å². The second-order valence-electron chi connectivity index (χ2n) is 6.79. The van der Waals surface area contributed by atoms with E-state index in [9.17, 15) is 4.79 Å². The summed E-state index contributed by atoms with van der Waals surface area (Å²) < 4.78 is 0. The monoisotopic (exact) mass is 354 g/mol. The average Bonchev–Trinajstić information content (AvgIpc) is 3.09. The van der Waals surface area contributed by atoms with Crippen LogP contribution in [0.15, 0.2) is 47.4 Å². The van der Waals surface area contributed by atoms with Crippen molar-refractivity contribution >= 4 is 23.4 Å². The summed E-state index contributed by atoms with van der Waals surface area (Å²) in [7, 11) is 0. The van der Waals surface area contributed by atoms with Crippen LogP contribution in [0.5, 0.6) is 0 Å². The fourth-order valence-corrected chi connectivity index (χ4v) is 4.00. The Kier molecular flexibility index (Phi) is 6.16. The minimum absolute atomic E-state index is 0.0391. The third kappa shape index (κ3) is 5.35. The molecule has 0 bridgehead atoms. The third-order valence-electron chi connectivity index (χ3n) is 4.53. The molecule has 0 unspecified atom stereocenters. The molecule has 25 heavy (non-hydrogen) atoms. The lowest BCUT2D eigenvalue weighted by Gasteiger charge is -2.14. The summed E-state index contributed by atoms with van der Waals surface area (Å²) in [5, 5.41) is 2.99. The van der Waals surface area contributed by atoms with E-state index in [1.807, 2.05) is 12.1 Å². The smallest absolute Gasteiger partial charge is 0.234 e. The minimum Gasteiger partial charge on any atom is -0.325 e. The molecular weight excluding hydrogens is 328 g/mol. The lowest BCUT2D eigenvalue weighted by Crippen LogP contribution is -2.18. The molecule has 0 aromatic heterocycles. The first-order chi connectivity index (χ1) is 12.1. The molecule has 2 aromatic rings. The van der Waals surface area contributed by atoms with E-state index in [2.05, 4.69) is 54.4 Å². The Bertz CT molecular complexity index is 721. The number of likely N-dealkylation sites (tertiary alicyclic amines) is 1. The molecule has 2 aromatic carbocycles. The van der Waals surface area contributed by atoms with Gasteiger partial charge in [-0.15, -0.1) is 11.8 Å². The molecule has 1 aliphatic rings. The highest BCUT2D eigenvalue weighted by molar-refractivity contribution is 8.00. The molecule has 0 saturated carbocycles. The Morgan fingerprint density at radius 1 is 1.08 bits per heavy atom. The van der Waals surface area contributed by atoms with E-state index in [-0.39, 0.29) is 5.91 Å². The number of amides is 1. The van der Waals surface area contributed by atoms with Crippen molar-refractivity contribution in [2.24, 2.45) is 0 Å². The first-order valence-electron chi connectivity index (χ1n) is 8.91. The molecular formula is C21H26N2OS. The van der Waals surface area contributed by atoms with Gasteiger partial charge in [-0.05, 0) is 69.1 Å². The molecule has 0 atom stereocenters. The zero-order chi connectivity index (χ0) is 17.6. The number of carbonyl (C=O) groups is 1. The lowest BCUT2D eigenvalue weighted by atomic mass is 10.2. The largest absolute Gasteiger partial charge is 0.325 e.